The number of aromatic nitrogens is 2. The van der Waals surface area contributed by atoms with Crippen LogP contribution in [0.5, 0.6) is 0 Å². The van der Waals surface area contributed by atoms with Gasteiger partial charge < -0.3 is 19.4 Å². The number of likely N-dealkylation sites (tertiary alicyclic amines) is 1. The largest absolute Gasteiger partial charge is 0.444 e. The Morgan fingerprint density at radius 2 is 1.81 bits per heavy atom. The smallest absolute Gasteiger partial charge is 0.410 e. The van der Waals surface area contributed by atoms with E-state index in [0.717, 1.165) is 11.3 Å². The molecule has 3 heterocycles. The van der Waals surface area contributed by atoms with Crippen LogP contribution >= 0.6 is 0 Å². The van der Waals surface area contributed by atoms with Crippen LogP contribution in [0.2, 0.25) is 0 Å². The molecule has 2 aromatic heterocycles. The van der Waals surface area contributed by atoms with Gasteiger partial charge in [0.15, 0.2) is 0 Å². The second-order valence-corrected chi connectivity index (χ2v) is 10.9. The lowest BCUT2D eigenvalue weighted by Crippen LogP contribution is -2.45. The first-order valence-electron chi connectivity index (χ1n) is 11.3. The molecule has 1 N–H and O–H groups in total. The van der Waals surface area contributed by atoms with Gasteiger partial charge in [-0.1, -0.05) is 6.07 Å². The number of pyridine rings is 1. The lowest BCUT2D eigenvalue weighted by molar-refractivity contribution is -0.125. The normalized spacial score (nSPS) is 25.5. The molecule has 0 spiro atoms. The monoisotopic (exact) mass is 424 g/mol. The number of fused-ring (bicyclic) bond motifs is 2. The van der Waals surface area contributed by atoms with Crippen molar-refractivity contribution in [1.29, 1.82) is 0 Å². The maximum atomic E-state index is 13.1. The lowest BCUT2D eigenvalue weighted by Gasteiger charge is -2.27. The van der Waals surface area contributed by atoms with E-state index in [4.69, 9.17) is 9.72 Å². The Labute approximate surface area is 183 Å². The molecule has 1 aliphatic heterocycles. The number of nitrogens with zero attached hydrogens (tertiary/aromatic N) is 3. The van der Waals surface area contributed by atoms with E-state index >= 15 is 0 Å². The minimum Gasteiger partial charge on any atom is -0.444 e. The Balaban J connectivity index is 1.24. The van der Waals surface area contributed by atoms with E-state index in [-0.39, 0.29) is 29.8 Å². The fourth-order valence-electron chi connectivity index (χ4n) is 5.08. The lowest BCUT2D eigenvalue weighted by atomic mass is 10.0. The second kappa shape index (κ2) is 6.71. The molecule has 2 saturated carbocycles. The van der Waals surface area contributed by atoms with Gasteiger partial charge in [0.1, 0.15) is 11.4 Å². The number of ether oxygens (including phenoxy) is 1. The molecule has 2 unspecified atom stereocenters. The van der Waals surface area contributed by atoms with Crippen LogP contribution in [0.4, 0.5) is 4.79 Å². The number of carbonyl (C=O) groups excluding carboxylic acids is 2. The predicted octanol–water partition coefficient (Wildman–Crippen LogP) is 3.68. The zero-order chi connectivity index (χ0) is 22.1. The zero-order valence-electron chi connectivity index (χ0n) is 19.0. The van der Waals surface area contributed by atoms with Crippen LogP contribution in [0.1, 0.15) is 64.8 Å². The van der Waals surface area contributed by atoms with Gasteiger partial charge in [0, 0.05) is 25.2 Å². The van der Waals surface area contributed by atoms with Gasteiger partial charge >= 0.3 is 6.09 Å². The molecule has 2 atom stereocenters. The van der Waals surface area contributed by atoms with Gasteiger partial charge in [-0.25, -0.2) is 9.78 Å². The summed E-state index contributed by atoms with van der Waals surface area (Å²) in [5.41, 5.74) is 1.39. The molecular weight excluding hydrogens is 392 g/mol. The van der Waals surface area contributed by atoms with Crippen LogP contribution in [0, 0.1) is 17.8 Å². The summed E-state index contributed by atoms with van der Waals surface area (Å²) in [4.78, 5) is 31.8. The fourth-order valence-corrected chi connectivity index (χ4v) is 5.08. The van der Waals surface area contributed by atoms with E-state index in [0.29, 0.717) is 19.0 Å². The number of hydrogen-bond donors (Lipinski definition) is 1. The minimum atomic E-state index is -0.590. The van der Waals surface area contributed by atoms with E-state index in [1.54, 1.807) is 4.90 Å². The van der Waals surface area contributed by atoms with Crippen molar-refractivity contribution >= 4 is 17.5 Å². The summed E-state index contributed by atoms with van der Waals surface area (Å²) in [6, 6.07) is 4.26. The number of amides is 2. The van der Waals surface area contributed by atoms with Crippen LogP contribution in [0.25, 0.3) is 5.52 Å². The number of nitrogens with one attached hydrogen (secondary N) is 1. The highest BCUT2D eigenvalue weighted by Crippen LogP contribution is 2.52. The molecule has 7 heteroatoms. The van der Waals surface area contributed by atoms with Crippen LogP contribution in [-0.4, -0.2) is 45.0 Å². The van der Waals surface area contributed by atoms with E-state index in [2.05, 4.69) is 21.9 Å². The van der Waals surface area contributed by atoms with E-state index in [1.807, 2.05) is 47.0 Å². The Bertz CT molecular complexity index is 1030. The third-order valence-electron chi connectivity index (χ3n) is 6.76. The molecule has 3 fully saturated rings. The standard InChI is InChI=1S/C24H32N4O3/c1-23(2,3)31-22(30)27-12-16-17(13-27)19(16)20(29)26-24(4,5)21-25-11-18-15(14-8-9-14)7-6-10-28(18)21/h6-7,10-11,14,16-17,19H,8-9,12-13H2,1-5H3,(H,26,29). The summed E-state index contributed by atoms with van der Waals surface area (Å²) in [5, 5.41) is 3.23. The predicted molar refractivity (Wildman–Crippen MR) is 117 cm³/mol. The van der Waals surface area contributed by atoms with Crippen LogP contribution in [-0.2, 0) is 15.1 Å². The van der Waals surface area contributed by atoms with Crippen molar-refractivity contribution in [3.8, 4) is 0 Å². The zero-order valence-corrected chi connectivity index (χ0v) is 19.0. The van der Waals surface area contributed by atoms with Crippen molar-refractivity contribution in [3.05, 3.63) is 35.9 Å². The SMILES string of the molecule is CC(C)(C)OC(=O)N1CC2C(C1)C2C(=O)NC(C)(C)c1ncc2c(C3CC3)cccn12. The summed E-state index contributed by atoms with van der Waals surface area (Å²) < 4.78 is 7.58. The van der Waals surface area contributed by atoms with Crippen molar-refractivity contribution in [2.45, 2.75) is 64.5 Å². The van der Waals surface area contributed by atoms with Crippen molar-refractivity contribution in [2.24, 2.45) is 17.8 Å². The number of imidazole rings is 1. The molecule has 166 valence electrons. The molecule has 0 aromatic carbocycles. The van der Waals surface area contributed by atoms with Gasteiger partial charge in [-0.3, -0.25) is 4.79 Å². The second-order valence-electron chi connectivity index (χ2n) is 10.9. The molecule has 2 aliphatic carbocycles. The first-order chi connectivity index (χ1) is 14.5. The molecule has 1 saturated heterocycles. The van der Waals surface area contributed by atoms with Gasteiger partial charge in [0.2, 0.25) is 5.91 Å². The third kappa shape index (κ3) is 3.68. The number of rotatable bonds is 4. The maximum absolute atomic E-state index is 13.1. The molecule has 0 bridgehead atoms. The van der Waals surface area contributed by atoms with Gasteiger partial charge in [-0.2, -0.15) is 0 Å². The van der Waals surface area contributed by atoms with E-state index < -0.39 is 11.1 Å². The summed E-state index contributed by atoms with van der Waals surface area (Å²) in [7, 11) is 0. The molecular formula is C24H32N4O3. The van der Waals surface area contributed by atoms with Gasteiger partial charge in [-0.15, -0.1) is 0 Å². The third-order valence-corrected chi connectivity index (χ3v) is 6.76. The maximum Gasteiger partial charge on any atom is 0.410 e. The average Bonchev–Trinajstić information content (AvgIpc) is 3.53. The van der Waals surface area contributed by atoms with E-state index in [1.165, 1.54) is 18.4 Å². The van der Waals surface area contributed by atoms with Crippen LogP contribution < -0.4 is 5.32 Å². The van der Waals surface area contributed by atoms with Crippen LogP contribution in [0.15, 0.2) is 24.5 Å². The first kappa shape index (κ1) is 20.3. The Morgan fingerprint density at radius 1 is 1.13 bits per heavy atom. The topological polar surface area (TPSA) is 75.9 Å². The Morgan fingerprint density at radius 3 is 2.42 bits per heavy atom. The molecule has 5 rings (SSSR count). The number of piperidine rings is 1. The number of carbonyl (C=O) groups is 2. The highest BCUT2D eigenvalue weighted by molar-refractivity contribution is 5.84. The molecule has 3 aliphatic rings. The fraction of sp³-hybridized carbons (Fsp3) is 0.625. The quantitative estimate of drug-likeness (QED) is 0.812. The summed E-state index contributed by atoms with van der Waals surface area (Å²) in [6.07, 6.45) is 6.16. The highest BCUT2D eigenvalue weighted by Gasteiger charge is 2.61. The summed E-state index contributed by atoms with van der Waals surface area (Å²) in [6.45, 7) is 10.8. The van der Waals surface area contributed by atoms with Crippen molar-refractivity contribution < 1.29 is 14.3 Å². The Hall–Kier alpha value is -2.57. The Kier molecular flexibility index (Phi) is 4.40. The van der Waals surface area contributed by atoms with Crippen molar-refractivity contribution in [3.63, 3.8) is 0 Å². The molecule has 2 aromatic rings. The minimum absolute atomic E-state index is 0.0359. The number of hydrogen-bond acceptors (Lipinski definition) is 4. The molecule has 31 heavy (non-hydrogen) atoms. The average molecular weight is 425 g/mol. The van der Waals surface area contributed by atoms with E-state index in [9.17, 15) is 9.59 Å². The van der Waals surface area contributed by atoms with Crippen molar-refractivity contribution in [1.82, 2.24) is 19.6 Å². The van der Waals surface area contributed by atoms with Crippen LogP contribution in [0.3, 0.4) is 0 Å². The summed E-state index contributed by atoms with van der Waals surface area (Å²) >= 11 is 0. The van der Waals surface area contributed by atoms with Gasteiger partial charge in [0.05, 0.1) is 17.3 Å². The molecule has 7 nitrogen and oxygen atoms in total. The van der Waals surface area contributed by atoms with Gasteiger partial charge in [-0.05, 0) is 76.8 Å². The van der Waals surface area contributed by atoms with Gasteiger partial charge in [0.25, 0.3) is 0 Å². The molecule has 0 radical (unpaired) electrons. The first-order valence-corrected chi connectivity index (χ1v) is 11.3. The molecule has 2 amide bonds. The highest BCUT2D eigenvalue weighted by atomic mass is 16.6. The van der Waals surface area contributed by atoms with Crippen molar-refractivity contribution in [2.75, 3.05) is 13.1 Å². The summed E-state index contributed by atoms with van der Waals surface area (Å²) in [5.74, 6) is 1.96.